The van der Waals surface area contributed by atoms with E-state index in [4.69, 9.17) is 14.6 Å². The minimum absolute atomic E-state index is 0.303. The Balaban J connectivity index is 1.81. The Morgan fingerprint density at radius 1 is 1.41 bits per heavy atom. The van der Waals surface area contributed by atoms with Crippen molar-refractivity contribution in [1.29, 1.82) is 0 Å². The first-order chi connectivity index (χ1) is 10.3. The quantitative estimate of drug-likeness (QED) is 0.825. The summed E-state index contributed by atoms with van der Waals surface area (Å²) in [7, 11) is -2.09. The number of nitrogens with zero attached hydrogens (tertiary/aromatic N) is 1. The Morgan fingerprint density at radius 3 is 2.68 bits per heavy atom. The lowest BCUT2D eigenvalue weighted by Crippen LogP contribution is -2.52. The lowest BCUT2D eigenvalue weighted by molar-refractivity contribution is -0.0435. The molecule has 1 unspecified atom stereocenters. The van der Waals surface area contributed by atoms with Gasteiger partial charge in [0.25, 0.3) is 10.2 Å². The predicted octanol–water partition coefficient (Wildman–Crippen LogP) is 0.549. The summed E-state index contributed by atoms with van der Waals surface area (Å²) in [6.07, 6.45) is 0.795. The molecule has 2 heterocycles. The molecule has 7 nitrogen and oxygen atoms in total. The van der Waals surface area contributed by atoms with Gasteiger partial charge >= 0.3 is 0 Å². The van der Waals surface area contributed by atoms with Crippen molar-refractivity contribution in [1.82, 2.24) is 4.31 Å². The fraction of sp³-hybridized carbons (Fsp3) is 0.571. The summed E-state index contributed by atoms with van der Waals surface area (Å²) in [5.41, 5.74) is 0.168. The van der Waals surface area contributed by atoms with E-state index in [1.165, 1.54) is 4.31 Å². The van der Waals surface area contributed by atoms with Crippen LogP contribution in [0.25, 0.3) is 0 Å². The van der Waals surface area contributed by atoms with Crippen molar-refractivity contribution in [2.45, 2.75) is 31.0 Å². The molecule has 122 valence electrons. The highest BCUT2D eigenvalue weighted by Gasteiger charge is 2.44. The molecule has 0 saturated carbocycles. The van der Waals surface area contributed by atoms with Gasteiger partial charge in [-0.3, -0.25) is 0 Å². The van der Waals surface area contributed by atoms with Crippen LogP contribution in [0.4, 0.5) is 0 Å². The molecule has 1 fully saturated rings. The highest BCUT2D eigenvalue weighted by atomic mass is 32.2. The summed E-state index contributed by atoms with van der Waals surface area (Å²) in [6, 6.07) is 5.33. The van der Waals surface area contributed by atoms with Crippen molar-refractivity contribution in [2.75, 3.05) is 20.2 Å². The Kier molecular flexibility index (Phi) is 3.80. The number of hydrogen-bond acceptors (Lipinski definition) is 5. The second-order valence-electron chi connectivity index (χ2n) is 5.85. The molecule has 2 aliphatic rings. The summed E-state index contributed by atoms with van der Waals surface area (Å²) in [5, 5.41) is 15.6. The number of fused-ring (bicyclic) bond motifs is 1. The number of aliphatic hydroxyl groups excluding tert-OH is 1. The average Bonchev–Trinajstić information content (AvgIpc) is 2.46. The van der Waals surface area contributed by atoms with E-state index >= 15 is 0 Å². The molecule has 22 heavy (non-hydrogen) atoms. The van der Waals surface area contributed by atoms with Gasteiger partial charge in [-0.25, -0.2) is 5.14 Å². The van der Waals surface area contributed by atoms with Crippen LogP contribution < -0.4 is 14.6 Å². The molecule has 1 atom stereocenters. The Labute approximate surface area is 129 Å². The van der Waals surface area contributed by atoms with E-state index in [9.17, 15) is 13.5 Å². The number of piperidine rings is 1. The number of hydrogen-bond donors (Lipinski definition) is 2. The first-order valence-electron chi connectivity index (χ1n) is 7.16. The second-order valence-corrected chi connectivity index (χ2v) is 7.40. The van der Waals surface area contributed by atoms with Gasteiger partial charge in [0.2, 0.25) is 0 Å². The summed E-state index contributed by atoms with van der Waals surface area (Å²) in [6.45, 7) is 0.605. The van der Waals surface area contributed by atoms with Gasteiger partial charge < -0.3 is 14.6 Å². The molecule has 3 N–H and O–H groups in total. The van der Waals surface area contributed by atoms with Crippen LogP contribution in [0.3, 0.4) is 0 Å². The summed E-state index contributed by atoms with van der Waals surface area (Å²) < 4.78 is 35.3. The van der Waals surface area contributed by atoms with E-state index < -0.39 is 21.9 Å². The molecule has 0 aliphatic carbocycles. The van der Waals surface area contributed by atoms with E-state index in [2.05, 4.69) is 0 Å². The lowest BCUT2D eigenvalue weighted by atomic mass is 9.82. The van der Waals surface area contributed by atoms with Gasteiger partial charge in [-0.1, -0.05) is 0 Å². The van der Waals surface area contributed by atoms with Gasteiger partial charge in [-0.15, -0.1) is 0 Å². The van der Waals surface area contributed by atoms with Gasteiger partial charge in [0.05, 0.1) is 13.2 Å². The topological polar surface area (TPSA) is 102 Å². The standard InChI is InChI=1S/C14H20N2O5S/c1-20-10-2-3-13-11(8-10)12(17)9-14(21-13)4-6-16(7-5-14)22(15,18)19/h2-3,8,12,17H,4-7,9H2,1H3,(H2,15,18,19). The van der Waals surface area contributed by atoms with Gasteiger partial charge in [0, 0.05) is 37.9 Å². The van der Waals surface area contributed by atoms with Crippen molar-refractivity contribution in [3.05, 3.63) is 23.8 Å². The lowest BCUT2D eigenvalue weighted by Gasteiger charge is -2.45. The number of benzene rings is 1. The molecule has 3 rings (SSSR count). The van der Waals surface area contributed by atoms with E-state index in [0.717, 1.165) is 0 Å². The largest absolute Gasteiger partial charge is 0.497 e. The molecule has 8 heteroatoms. The SMILES string of the molecule is COc1ccc2c(c1)C(O)CC1(CCN(S(N)(=O)=O)CC1)O2. The molecular formula is C14H20N2O5S. The van der Waals surface area contributed by atoms with Crippen LogP contribution >= 0.6 is 0 Å². The fourth-order valence-electron chi connectivity index (χ4n) is 3.20. The highest BCUT2D eigenvalue weighted by Crippen LogP contribution is 2.45. The molecule has 0 radical (unpaired) electrons. The van der Waals surface area contributed by atoms with Gasteiger partial charge in [0.1, 0.15) is 17.1 Å². The fourth-order valence-corrected chi connectivity index (χ4v) is 3.89. The minimum Gasteiger partial charge on any atom is -0.497 e. The molecule has 1 aromatic carbocycles. The van der Waals surface area contributed by atoms with Crippen LogP contribution in [0.1, 0.15) is 30.9 Å². The monoisotopic (exact) mass is 328 g/mol. The van der Waals surface area contributed by atoms with E-state index in [1.54, 1.807) is 25.3 Å². The summed E-state index contributed by atoms with van der Waals surface area (Å²) >= 11 is 0. The van der Waals surface area contributed by atoms with Gasteiger partial charge in [0.15, 0.2) is 0 Å². The Bertz CT molecular complexity index is 668. The van der Waals surface area contributed by atoms with Crippen LogP contribution in [0.5, 0.6) is 11.5 Å². The van der Waals surface area contributed by atoms with Crippen LogP contribution in [0.2, 0.25) is 0 Å². The van der Waals surface area contributed by atoms with Crippen LogP contribution in [-0.2, 0) is 10.2 Å². The zero-order valence-corrected chi connectivity index (χ0v) is 13.2. The van der Waals surface area contributed by atoms with E-state index in [-0.39, 0.29) is 0 Å². The smallest absolute Gasteiger partial charge is 0.276 e. The number of methoxy groups -OCH3 is 1. The molecule has 1 spiro atoms. The van der Waals surface area contributed by atoms with Crippen molar-refractivity contribution in [3.63, 3.8) is 0 Å². The van der Waals surface area contributed by atoms with Crippen molar-refractivity contribution >= 4 is 10.2 Å². The van der Waals surface area contributed by atoms with Crippen molar-refractivity contribution < 1.29 is 23.0 Å². The van der Waals surface area contributed by atoms with Crippen LogP contribution in [-0.4, -0.2) is 43.6 Å². The minimum atomic E-state index is -3.67. The maximum absolute atomic E-state index is 11.4. The zero-order chi connectivity index (χ0) is 16.0. The van der Waals surface area contributed by atoms with Crippen LogP contribution in [0.15, 0.2) is 18.2 Å². The molecule has 1 aromatic rings. The Morgan fingerprint density at radius 2 is 2.09 bits per heavy atom. The second kappa shape index (κ2) is 5.38. The summed E-state index contributed by atoms with van der Waals surface area (Å²) in [4.78, 5) is 0. The Hall–Kier alpha value is -1.35. The zero-order valence-electron chi connectivity index (χ0n) is 12.4. The third-order valence-electron chi connectivity index (χ3n) is 4.46. The average molecular weight is 328 g/mol. The predicted molar refractivity (Wildman–Crippen MR) is 79.8 cm³/mol. The summed E-state index contributed by atoms with van der Waals surface area (Å²) in [5.74, 6) is 1.30. The normalized spacial score (nSPS) is 24.6. The first-order valence-corrected chi connectivity index (χ1v) is 8.66. The third-order valence-corrected chi connectivity index (χ3v) is 5.55. The molecule has 0 amide bonds. The molecular weight excluding hydrogens is 308 g/mol. The molecule has 0 bridgehead atoms. The third kappa shape index (κ3) is 2.79. The highest BCUT2D eigenvalue weighted by molar-refractivity contribution is 7.86. The number of ether oxygens (including phenoxy) is 2. The molecule has 2 aliphatic heterocycles. The molecule has 0 aromatic heterocycles. The van der Waals surface area contributed by atoms with Gasteiger partial charge in [-0.2, -0.15) is 12.7 Å². The van der Waals surface area contributed by atoms with Crippen LogP contribution in [0, 0.1) is 0 Å². The van der Waals surface area contributed by atoms with Crippen molar-refractivity contribution in [2.24, 2.45) is 5.14 Å². The maximum Gasteiger partial charge on any atom is 0.276 e. The number of aliphatic hydroxyl groups is 1. The molecule has 1 saturated heterocycles. The van der Waals surface area contributed by atoms with E-state index in [1.807, 2.05) is 0 Å². The van der Waals surface area contributed by atoms with Gasteiger partial charge in [-0.05, 0) is 18.2 Å². The van der Waals surface area contributed by atoms with E-state index in [0.29, 0.717) is 49.4 Å². The number of rotatable bonds is 2. The first kappa shape index (κ1) is 15.5. The van der Waals surface area contributed by atoms with Crippen molar-refractivity contribution in [3.8, 4) is 11.5 Å². The number of nitrogens with two attached hydrogens (primary N) is 1. The maximum atomic E-state index is 11.4.